The molecule has 0 radical (unpaired) electrons. The molecule has 6 heteroatoms. The molecule has 1 rings (SSSR count). The lowest BCUT2D eigenvalue weighted by atomic mass is 10.1. The fraction of sp³-hybridized carbons (Fsp3) is 0.250. The van der Waals surface area contributed by atoms with Gasteiger partial charge in [-0.3, -0.25) is 4.98 Å². The van der Waals surface area contributed by atoms with Gasteiger partial charge in [0.25, 0.3) is 0 Å². The first-order valence-electron chi connectivity index (χ1n) is 3.60. The van der Waals surface area contributed by atoms with Crippen molar-refractivity contribution in [3.05, 3.63) is 28.0 Å². The van der Waals surface area contributed by atoms with Gasteiger partial charge in [0.15, 0.2) is 0 Å². The summed E-state index contributed by atoms with van der Waals surface area (Å²) in [5.41, 5.74) is -1.13. The van der Waals surface area contributed by atoms with E-state index < -0.39 is 11.7 Å². The number of nitrogens with zero attached hydrogens (tertiary/aromatic N) is 1. The highest BCUT2D eigenvalue weighted by molar-refractivity contribution is 9.10. The molecule has 0 unspecified atom stereocenters. The largest absolute Gasteiger partial charge is 0.418 e. The van der Waals surface area contributed by atoms with E-state index in [1.54, 1.807) is 0 Å². The van der Waals surface area contributed by atoms with Crippen molar-refractivity contribution in [3.8, 4) is 0 Å². The Kier molecular flexibility index (Phi) is 3.25. The smallest absolute Gasteiger partial charge is 0.303 e. The Labute approximate surface area is 86.3 Å². The van der Waals surface area contributed by atoms with Gasteiger partial charge in [-0.25, -0.2) is 0 Å². The van der Waals surface area contributed by atoms with E-state index in [0.717, 1.165) is 6.07 Å². The molecule has 2 nitrogen and oxygen atoms in total. The maximum absolute atomic E-state index is 12.4. The van der Waals surface area contributed by atoms with Gasteiger partial charge in [-0.2, -0.15) is 13.2 Å². The van der Waals surface area contributed by atoms with Crippen molar-refractivity contribution >= 4 is 22.2 Å². The molecular weight excluding hydrogens is 263 g/mol. The highest BCUT2D eigenvalue weighted by Gasteiger charge is 2.34. The van der Waals surface area contributed by atoms with Gasteiger partial charge < -0.3 is 4.79 Å². The molecule has 0 N–H and O–H groups in total. The first-order valence-corrected chi connectivity index (χ1v) is 4.39. The summed E-state index contributed by atoms with van der Waals surface area (Å²) in [4.78, 5) is 13.7. The predicted molar refractivity (Wildman–Crippen MR) is 46.7 cm³/mol. The molecule has 1 heterocycles. The van der Waals surface area contributed by atoms with Crippen LogP contribution in [0.25, 0.3) is 0 Å². The summed E-state index contributed by atoms with van der Waals surface area (Å²) in [6, 6.07) is 0.909. The Morgan fingerprint density at radius 2 is 2.14 bits per heavy atom. The molecular formula is C8H5BrF3NO. The van der Waals surface area contributed by atoms with Crippen LogP contribution in [0.3, 0.4) is 0 Å². The molecule has 0 fully saturated rings. The van der Waals surface area contributed by atoms with Crippen molar-refractivity contribution in [2.75, 3.05) is 0 Å². The van der Waals surface area contributed by atoms with E-state index in [1.807, 2.05) is 0 Å². The van der Waals surface area contributed by atoms with Gasteiger partial charge in [0, 0.05) is 17.1 Å². The van der Waals surface area contributed by atoms with Crippen LogP contribution in [-0.4, -0.2) is 11.3 Å². The summed E-state index contributed by atoms with van der Waals surface area (Å²) < 4.78 is 37.4. The summed E-state index contributed by atoms with van der Waals surface area (Å²) in [6.07, 6.45) is -3.18. The van der Waals surface area contributed by atoms with E-state index in [1.165, 1.54) is 6.20 Å². The second kappa shape index (κ2) is 4.08. The van der Waals surface area contributed by atoms with E-state index in [0.29, 0.717) is 6.29 Å². The molecule has 76 valence electrons. The quantitative estimate of drug-likeness (QED) is 0.771. The highest BCUT2D eigenvalue weighted by Crippen LogP contribution is 2.32. The minimum absolute atomic E-state index is 0.236. The van der Waals surface area contributed by atoms with Gasteiger partial charge in [-0.05, 0) is 22.0 Å². The predicted octanol–water partition coefficient (Wildman–Crippen LogP) is 2.60. The summed E-state index contributed by atoms with van der Waals surface area (Å²) in [7, 11) is 0. The summed E-state index contributed by atoms with van der Waals surface area (Å²) in [6.45, 7) is 0. The standard InChI is InChI=1S/C8H5BrF3NO/c9-5-3-6(8(10,11)12)7(1-2-14)13-4-5/h2-4H,1H2. The first-order chi connectivity index (χ1) is 6.45. The summed E-state index contributed by atoms with van der Waals surface area (Å²) >= 11 is 2.89. The van der Waals surface area contributed by atoms with E-state index in [2.05, 4.69) is 20.9 Å². The van der Waals surface area contributed by atoms with Gasteiger partial charge in [-0.15, -0.1) is 0 Å². The van der Waals surface area contributed by atoms with Crippen molar-refractivity contribution < 1.29 is 18.0 Å². The zero-order valence-corrected chi connectivity index (χ0v) is 8.39. The number of carbonyl (C=O) groups excluding carboxylic acids is 1. The molecule has 0 saturated carbocycles. The first kappa shape index (κ1) is 11.2. The number of carbonyl (C=O) groups is 1. The molecule has 1 aromatic heterocycles. The van der Waals surface area contributed by atoms with Gasteiger partial charge in [0.1, 0.15) is 6.29 Å². The van der Waals surface area contributed by atoms with Crippen LogP contribution in [0.1, 0.15) is 11.3 Å². The van der Waals surface area contributed by atoms with Crippen LogP contribution in [0.2, 0.25) is 0 Å². The van der Waals surface area contributed by atoms with Gasteiger partial charge in [-0.1, -0.05) is 0 Å². The fourth-order valence-electron chi connectivity index (χ4n) is 0.955. The average Bonchev–Trinajstić information content (AvgIpc) is 2.07. The molecule has 0 aromatic carbocycles. The molecule has 14 heavy (non-hydrogen) atoms. The van der Waals surface area contributed by atoms with Gasteiger partial charge >= 0.3 is 6.18 Å². The van der Waals surface area contributed by atoms with Crippen LogP contribution in [-0.2, 0) is 17.4 Å². The van der Waals surface area contributed by atoms with Crippen molar-refractivity contribution in [2.45, 2.75) is 12.6 Å². The average molecular weight is 268 g/mol. The third-order valence-corrected chi connectivity index (χ3v) is 1.95. The molecule has 1 aromatic rings. The van der Waals surface area contributed by atoms with E-state index >= 15 is 0 Å². The minimum Gasteiger partial charge on any atom is -0.303 e. The second-order valence-electron chi connectivity index (χ2n) is 2.52. The lowest BCUT2D eigenvalue weighted by Crippen LogP contribution is -2.11. The molecule has 0 bridgehead atoms. The lowest BCUT2D eigenvalue weighted by Gasteiger charge is -2.10. The number of rotatable bonds is 2. The van der Waals surface area contributed by atoms with Gasteiger partial charge in [0.05, 0.1) is 11.3 Å². The molecule has 0 aliphatic rings. The zero-order valence-electron chi connectivity index (χ0n) is 6.81. The van der Waals surface area contributed by atoms with Crippen LogP contribution < -0.4 is 0 Å². The van der Waals surface area contributed by atoms with E-state index in [4.69, 9.17) is 0 Å². The van der Waals surface area contributed by atoms with Gasteiger partial charge in [0.2, 0.25) is 0 Å². The van der Waals surface area contributed by atoms with Crippen LogP contribution in [0, 0.1) is 0 Å². The van der Waals surface area contributed by atoms with Crippen LogP contribution in [0.15, 0.2) is 16.7 Å². The Hall–Kier alpha value is -0.910. The number of hydrogen-bond donors (Lipinski definition) is 0. The van der Waals surface area contributed by atoms with E-state index in [9.17, 15) is 18.0 Å². The van der Waals surface area contributed by atoms with E-state index in [-0.39, 0.29) is 16.6 Å². The number of halogens is 4. The van der Waals surface area contributed by atoms with Crippen LogP contribution in [0.5, 0.6) is 0 Å². The Morgan fingerprint density at radius 3 is 2.64 bits per heavy atom. The van der Waals surface area contributed by atoms with Crippen LogP contribution in [0.4, 0.5) is 13.2 Å². The SMILES string of the molecule is O=CCc1ncc(Br)cc1C(F)(F)F. The Morgan fingerprint density at radius 1 is 1.50 bits per heavy atom. The Bertz CT molecular complexity index is 351. The third kappa shape index (κ3) is 2.54. The monoisotopic (exact) mass is 267 g/mol. The minimum atomic E-state index is -4.48. The fourth-order valence-corrected chi connectivity index (χ4v) is 1.29. The topological polar surface area (TPSA) is 30.0 Å². The van der Waals surface area contributed by atoms with Crippen molar-refractivity contribution in [1.82, 2.24) is 4.98 Å². The van der Waals surface area contributed by atoms with Crippen molar-refractivity contribution in [1.29, 1.82) is 0 Å². The van der Waals surface area contributed by atoms with Crippen molar-refractivity contribution in [3.63, 3.8) is 0 Å². The van der Waals surface area contributed by atoms with Crippen molar-refractivity contribution in [2.24, 2.45) is 0 Å². The molecule has 0 aliphatic heterocycles. The third-order valence-electron chi connectivity index (χ3n) is 1.52. The maximum atomic E-state index is 12.4. The normalized spacial score (nSPS) is 11.4. The number of aromatic nitrogens is 1. The molecule has 0 spiro atoms. The van der Waals surface area contributed by atoms with Crippen LogP contribution >= 0.6 is 15.9 Å². The summed E-state index contributed by atoms with van der Waals surface area (Å²) in [5, 5.41) is 0. The molecule has 0 aliphatic carbocycles. The number of alkyl halides is 3. The maximum Gasteiger partial charge on any atom is 0.418 e. The molecule has 0 amide bonds. The second-order valence-corrected chi connectivity index (χ2v) is 3.43. The molecule has 0 atom stereocenters. The molecule has 0 saturated heterocycles. The summed E-state index contributed by atoms with van der Waals surface area (Å²) in [5.74, 6) is 0. The number of aldehydes is 1. The number of hydrogen-bond acceptors (Lipinski definition) is 2. The zero-order chi connectivity index (χ0) is 10.8. The number of pyridine rings is 1. The lowest BCUT2D eigenvalue weighted by molar-refractivity contribution is -0.138. The highest BCUT2D eigenvalue weighted by atomic mass is 79.9. The Balaban J connectivity index is 3.22.